The molecule has 0 aliphatic carbocycles. The largest absolute Gasteiger partial charge is 0.476 e. The Hall–Kier alpha value is -8.15. The van der Waals surface area contributed by atoms with Gasteiger partial charge < -0.3 is 80.2 Å². The average Bonchev–Trinajstić information content (AvgIpc) is 1.60. The van der Waals surface area contributed by atoms with Crippen LogP contribution in [0.25, 0.3) is 43.9 Å². The molecular weight excluding hydrogens is 1470 g/mol. The number of hydrogen-bond acceptors (Lipinski definition) is 27. The molecule has 30 nitrogen and oxygen atoms in total. The van der Waals surface area contributed by atoms with Crippen LogP contribution in [0, 0.1) is 0 Å². The summed E-state index contributed by atoms with van der Waals surface area (Å²) >= 11 is 10.7. The number of alkyl halides is 4. The van der Waals surface area contributed by atoms with E-state index in [1.807, 2.05) is 30.3 Å². The van der Waals surface area contributed by atoms with Crippen molar-refractivity contribution in [1.29, 1.82) is 0 Å². The van der Waals surface area contributed by atoms with Gasteiger partial charge in [-0.15, -0.1) is 25.6 Å². The molecule has 560 valence electrons. The van der Waals surface area contributed by atoms with Crippen molar-refractivity contribution < 1.29 is 104 Å². The summed E-state index contributed by atoms with van der Waals surface area (Å²) in [4.78, 5) is 48.2. The lowest BCUT2D eigenvalue weighted by molar-refractivity contribution is -0.153. The summed E-state index contributed by atoms with van der Waals surface area (Å²) in [7, 11) is -4.60. The molecule has 2 saturated heterocycles. The molecule has 0 bridgehead atoms. The van der Waals surface area contributed by atoms with E-state index in [9.17, 15) is 61.8 Å². The van der Waals surface area contributed by atoms with E-state index in [1.54, 1.807) is 60.7 Å². The monoisotopic (exact) mass is 1540 g/mol. The van der Waals surface area contributed by atoms with Gasteiger partial charge in [-0.1, -0.05) is 98.1 Å². The number of hydrogen-bond donors (Lipinski definition) is 9. The van der Waals surface area contributed by atoms with Crippen molar-refractivity contribution in [2.45, 2.75) is 113 Å². The van der Waals surface area contributed by atoms with Crippen LogP contribution in [0.3, 0.4) is 0 Å². The summed E-state index contributed by atoms with van der Waals surface area (Å²) < 4.78 is 128. The molecule has 0 amide bonds. The minimum absolute atomic E-state index is 0. The van der Waals surface area contributed by atoms with E-state index in [-0.39, 0.29) is 65.2 Å². The van der Waals surface area contributed by atoms with Crippen molar-refractivity contribution in [1.82, 2.24) is 44.1 Å². The van der Waals surface area contributed by atoms with E-state index < -0.39 is 124 Å². The number of anilines is 2. The molecule has 4 aromatic carbocycles. The third-order valence-electron chi connectivity index (χ3n) is 14.9. The number of nitrogen functional groups attached to an aromatic ring is 2. The topological polar surface area (TPSA) is 430 Å². The molecule has 0 saturated carbocycles. The Labute approximate surface area is 602 Å². The first-order valence-corrected chi connectivity index (χ1v) is 35.7. The minimum atomic E-state index is -4.60. The summed E-state index contributed by atoms with van der Waals surface area (Å²) in [6.07, 6.45) is -3.11. The molecule has 2 aliphatic heterocycles. The number of ether oxygens (including phenoxy) is 6. The zero-order valence-electron chi connectivity index (χ0n) is 55.6. The van der Waals surface area contributed by atoms with Crippen LogP contribution in [0.1, 0.15) is 53.0 Å². The number of nitrogens with zero attached hydrogens (tertiary/aromatic N) is 8. The second-order valence-corrected chi connectivity index (χ2v) is 28.9. The van der Waals surface area contributed by atoms with Gasteiger partial charge in [-0.25, -0.2) is 19.1 Å². The normalized spacial score (nSPS) is 21.3. The van der Waals surface area contributed by atoms with Crippen molar-refractivity contribution >= 4 is 116 Å². The number of aliphatic hydroxyl groups is 5. The molecule has 39 heteroatoms. The predicted octanol–water partition coefficient (Wildman–Crippen LogP) is 9.36. The van der Waals surface area contributed by atoms with E-state index in [2.05, 4.69) is 70.8 Å². The van der Waals surface area contributed by atoms with Gasteiger partial charge in [0.2, 0.25) is 23.7 Å². The third-order valence-corrected chi connectivity index (χ3v) is 17.4. The van der Waals surface area contributed by atoms with Crippen molar-refractivity contribution in [2.75, 3.05) is 51.1 Å². The van der Waals surface area contributed by atoms with Gasteiger partial charge in [-0.2, -0.15) is 42.6 Å². The van der Waals surface area contributed by atoms with Crippen LogP contribution in [0.15, 0.2) is 148 Å². The Morgan fingerprint density at radius 2 is 1.11 bits per heavy atom. The zero-order valence-corrected chi connectivity index (χ0v) is 59.7. The Morgan fingerprint density at radius 1 is 0.689 bits per heavy atom. The van der Waals surface area contributed by atoms with E-state index in [0.29, 0.717) is 48.3 Å². The van der Waals surface area contributed by atoms with Crippen molar-refractivity contribution in [2.24, 2.45) is 5.73 Å². The Bertz CT molecular complexity index is 4360. The highest BCUT2D eigenvalue weighted by atomic mass is 35.9. The molecular formula is C64H77Cl3F4N12O18P2. The number of nitrogens with one attached hydrogen (secondary N) is 1. The predicted molar refractivity (Wildman–Crippen MR) is 376 cm³/mol. The van der Waals surface area contributed by atoms with Crippen LogP contribution in [0.2, 0.25) is 0 Å². The maximum atomic E-state index is 14.3. The number of rotatable bonds is 28. The number of carbonyl (C=O) groups excluding carboxylic acids is 2. The number of fused-ring (bicyclic) bond motifs is 4. The summed E-state index contributed by atoms with van der Waals surface area (Å²) in [6, 6.07) is 22.6. The maximum Gasteiger partial charge on any atom is 0.459 e. The molecule has 4 aromatic heterocycles. The molecule has 2 aliphatic rings. The number of carbonyl (C=O) groups is 2. The van der Waals surface area contributed by atoms with Crippen molar-refractivity contribution in [3.05, 3.63) is 148 Å². The summed E-state index contributed by atoms with van der Waals surface area (Å²) in [6.45, 7) is 15.7. The van der Waals surface area contributed by atoms with Gasteiger partial charge in [0.15, 0.2) is 48.0 Å². The highest BCUT2D eigenvalue weighted by molar-refractivity contribution is 8.05. The van der Waals surface area contributed by atoms with Crippen LogP contribution in [0.4, 0.5) is 29.5 Å². The van der Waals surface area contributed by atoms with Crippen molar-refractivity contribution in [3.63, 3.8) is 0 Å². The van der Waals surface area contributed by atoms with Gasteiger partial charge in [0, 0.05) is 33.3 Å². The van der Waals surface area contributed by atoms with E-state index in [1.165, 1.54) is 55.6 Å². The highest BCUT2D eigenvalue weighted by Gasteiger charge is 2.55. The molecule has 5 unspecified atom stereocenters. The van der Waals surface area contributed by atoms with Gasteiger partial charge in [-0.05, 0) is 75.6 Å². The fourth-order valence-electron chi connectivity index (χ4n) is 9.66. The lowest BCUT2D eigenvalue weighted by Gasteiger charge is -2.27. The molecule has 12 N–H and O–H groups in total. The first kappa shape index (κ1) is 83.8. The standard InChI is InChI=1S/C32H37F2N6O9P.C15H21N5O5.C10H7Cl2O2P.C7H11F2NO2.ClH/c1-5-7-15-45-27-24-26(37-30(35)38-27)40(18-36-24)29-31(4,43)25(41)23(48-29)16-47-50(44,39-19(3)28(42)46-17-32(33,34)6-2)49-22-14-10-12-20-11-8-9-13-21(20)22;1-3-4-5-24-12-9-11(18-14(16)19-12)20(7-17-9)13-15(2,23)10(22)8(6-21)25-13;11-15(12,13)14-10-7-3-5-8-4-1-2-6-9(8)10;1-3-7(8,9)4-12-6(11)5(2)10;/h5-6,8-14,18-19,23,25,29,41,43H,1-2,7,15-17H2,3-4H3,(H,39,44)(H2,35,37,38);3,7-8,10,13,21-23H,1,4-6H2,2H3,(H2,16,18,19);1-7H;3,5H,1,4,10H2,2H3;1H/t19-,23?,25+,29?,31+,50?;8?,10-,13?,15-;;5-;/m01.0./s1. The number of nitrogens with two attached hydrogens (primary N) is 3. The summed E-state index contributed by atoms with van der Waals surface area (Å²) in [5, 5.41) is 58.2. The molecule has 103 heavy (non-hydrogen) atoms. The molecule has 0 radical (unpaired) electrons. The second kappa shape index (κ2) is 36.0. The molecule has 6 heterocycles. The fourth-order valence-corrected chi connectivity index (χ4v) is 12.0. The number of benzene rings is 4. The van der Waals surface area contributed by atoms with Crippen LogP contribution in [0.5, 0.6) is 23.3 Å². The van der Waals surface area contributed by atoms with Gasteiger partial charge in [0.25, 0.3) is 11.8 Å². The van der Waals surface area contributed by atoms with E-state index >= 15 is 0 Å². The first-order chi connectivity index (χ1) is 48.0. The number of aliphatic hydroxyl groups excluding tert-OH is 3. The number of imidazole rings is 2. The number of halogens is 7. The van der Waals surface area contributed by atoms with Crippen LogP contribution in [-0.2, 0) is 42.2 Å². The van der Waals surface area contributed by atoms with Gasteiger partial charge in [0.1, 0.15) is 59.2 Å². The fraction of sp³-hybridized carbons (Fsp3) is 0.375. The molecule has 10 rings (SSSR count). The van der Waals surface area contributed by atoms with Gasteiger partial charge >= 0.3 is 25.8 Å². The van der Waals surface area contributed by atoms with E-state index in [0.717, 1.165) is 16.2 Å². The Kier molecular flexibility index (Phi) is 29.3. The SMILES string of the molecule is C=CC(F)(F)COC(=O)[C@H](C)N.C=CCCOc1nc(N)nc2c1ncn2C1OC(CO)[C@@H](O)[C@@]1(C)O.C=CCCOc1nc(N)nc2c1ncn2C1OC(COP(=O)(N[C@@H](C)C(=O)OCC(F)(F)C=C)Oc2cccc3ccccc23)[C@@H](O)[C@@]1(C)O.Cl.O=P(Cl)(Cl)Oc1cccc2ccccc12. The molecule has 2 fully saturated rings. The summed E-state index contributed by atoms with van der Waals surface area (Å²) in [5.74, 6) is -8.05. The molecule has 0 spiro atoms. The van der Waals surface area contributed by atoms with Crippen LogP contribution in [-0.4, -0.2) is 176 Å². The zero-order chi connectivity index (χ0) is 75.1. The smallest absolute Gasteiger partial charge is 0.459 e. The van der Waals surface area contributed by atoms with Crippen LogP contribution >= 0.6 is 48.7 Å². The lowest BCUT2D eigenvalue weighted by Crippen LogP contribution is -2.44. The molecule has 11 atom stereocenters. The maximum absolute atomic E-state index is 14.3. The average molecular weight is 1550 g/mol. The minimum Gasteiger partial charge on any atom is -0.476 e. The first-order valence-electron chi connectivity index (χ1n) is 30.7. The third kappa shape index (κ3) is 21.7. The molecule has 8 aromatic rings. The van der Waals surface area contributed by atoms with E-state index in [4.69, 9.17) is 72.2 Å². The van der Waals surface area contributed by atoms with Gasteiger partial charge in [-0.3, -0.25) is 23.2 Å². The van der Waals surface area contributed by atoms with Crippen molar-refractivity contribution in [3.8, 4) is 23.3 Å². The highest BCUT2D eigenvalue weighted by Crippen LogP contribution is 2.58. The second-order valence-electron chi connectivity index (χ2n) is 23.0. The van der Waals surface area contributed by atoms with Crippen LogP contribution < -0.4 is 40.8 Å². The van der Waals surface area contributed by atoms with Gasteiger partial charge in [0.05, 0.1) is 39.1 Å². The Morgan fingerprint density at radius 3 is 1.52 bits per heavy atom. The lowest BCUT2D eigenvalue weighted by atomic mass is 9.96. The Balaban J connectivity index is 0.000000257. The quantitative estimate of drug-likeness (QED) is 0.00724. The number of esters is 2. The summed E-state index contributed by atoms with van der Waals surface area (Å²) in [5.41, 5.74) is 14.0. The number of aromatic nitrogens is 8.